The van der Waals surface area contributed by atoms with E-state index in [4.69, 9.17) is 21.1 Å². The molecule has 6 heteroatoms. The summed E-state index contributed by atoms with van der Waals surface area (Å²) in [6.07, 6.45) is -0.627. The number of carbonyl (C=O) groups is 1. The fourth-order valence-corrected chi connectivity index (χ4v) is 2.61. The number of nitrogens with one attached hydrogen (secondary N) is 1. The molecule has 3 rings (SSSR count). The molecule has 134 valence electrons. The van der Waals surface area contributed by atoms with Crippen LogP contribution in [-0.2, 0) is 16.1 Å². The van der Waals surface area contributed by atoms with Crippen molar-refractivity contribution in [3.63, 3.8) is 0 Å². The summed E-state index contributed by atoms with van der Waals surface area (Å²) in [7, 11) is 1.61. The number of nitrogens with zero attached hydrogens (tertiary/aromatic N) is 1. The maximum atomic E-state index is 12.3. The zero-order chi connectivity index (χ0) is 18.5. The highest BCUT2D eigenvalue weighted by molar-refractivity contribution is 6.31. The predicted molar refractivity (Wildman–Crippen MR) is 103 cm³/mol. The van der Waals surface area contributed by atoms with E-state index in [2.05, 4.69) is 10.3 Å². The minimum atomic E-state index is -0.627. The molecule has 0 aliphatic carbocycles. The highest BCUT2D eigenvalue weighted by Crippen LogP contribution is 2.20. The van der Waals surface area contributed by atoms with E-state index in [1.54, 1.807) is 32.2 Å². The molecule has 1 amide bonds. The molecule has 3 aromatic rings. The van der Waals surface area contributed by atoms with Gasteiger partial charge in [0.05, 0.1) is 19.2 Å². The Labute approximate surface area is 156 Å². The van der Waals surface area contributed by atoms with E-state index in [9.17, 15) is 4.79 Å². The smallest absolute Gasteiger partial charge is 0.254 e. The van der Waals surface area contributed by atoms with Crippen molar-refractivity contribution in [3.05, 3.63) is 65.2 Å². The van der Waals surface area contributed by atoms with Gasteiger partial charge in [-0.25, -0.2) is 4.98 Å². The Morgan fingerprint density at radius 2 is 2.00 bits per heavy atom. The number of aromatic nitrogens is 1. The fourth-order valence-electron chi connectivity index (χ4n) is 2.45. The van der Waals surface area contributed by atoms with E-state index in [1.807, 2.05) is 36.4 Å². The van der Waals surface area contributed by atoms with Crippen LogP contribution in [0.15, 0.2) is 54.6 Å². The molecule has 0 saturated heterocycles. The summed E-state index contributed by atoms with van der Waals surface area (Å²) in [5, 5.41) is 4.32. The van der Waals surface area contributed by atoms with Crippen molar-refractivity contribution in [1.29, 1.82) is 0 Å². The number of hydrogen-bond donors (Lipinski definition) is 1. The summed E-state index contributed by atoms with van der Waals surface area (Å²) >= 11 is 5.99. The summed E-state index contributed by atoms with van der Waals surface area (Å²) in [5.41, 5.74) is 1.66. The minimum Gasteiger partial charge on any atom is -0.497 e. The summed E-state index contributed by atoms with van der Waals surface area (Å²) in [5.74, 6) is 0.950. The van der Waals surface area contributed by atoms with Gasteiger partial charge in [-0.3, -0.25) is 4.79 Å². The number of amides is 1. The molecule has 0 fully saturated rings. The van der Waals surface area contributed by atoms with E-state index < -0.39 is 6.10 Å². The van der Waals surface area contributed by atoms with Crippen LogP contribution in [0.1, 0.15) is 12.5 Å². The second-order valence-corrected chi connectivity index (χ2v) is 6.26. The number of halogens is 1. The number of pyridine rings is 1. The number of ether oxygens (including phenoxy) is 2. The van der Waals surface area contributed by atoms with Gasteiger partial charge in [-0.2, -0.15) is 0 Å². The maximum absolute atomic E-state index is 12.3. The van der Waals surface area contributed by atoms with Crippen molar-refractivity contribution in [3.8, 4) is 5.75 Å². The van der Waals surface area contributed by atoms with Gasteiger partial charge in [0.25, 0.3) is 5.91 Å². The fraction of sp³-hybridized carbons (Fsp3) is 0.200. The van der Waals surface area contributed by atoms with Crippen molar-refractivity contribution in [2.45, 2.75) is 19.6 Å². The third kappa shape index (κ3) is 4.50. The molecule has 0 bridgehead atoms. The van der Waals surface area contributed by atoms with Crippen molar-refractivity contribution in [2.24, 2.45) is 0 Å². The third-order valence-electron chi connectivity index (χ3n) is 3.91. The summed E-state index contributed by atoms with van der Waals surface area (Å²) in [6.45, 7) is 2.01. The van der Waals surface area contributed by atoms with Gasteiger partial charge in [-0.1, -0.05) is 29.8 Å². The zero-order valence-corrected chi connectivity index (χ0v) is 15.3. The van der Waals surface area contributed by atoms with Gasteiger partial charge in [0.15, 0.2) is 0 Å². The van der Waals surface area contributed by atoms with Crippen LogP contribution in [0.2, 0.25) is 5.02 Å². The van der Waals surface area contributed by atoms with E-state index in [0.717, 1.165) is 22.2 Å². The average Bonchev–Trinajstić information content (AvgIpc) is 2.65. The predicted octanol–water partition coefficient (Wildman–Crippen LogP) is 4.44. The Kier molecular flexibility index (Phi) is 5.71. The summed E-state index contributed by atoms with van der Waals surface area (Å²) < 4.78 is 10.8. The lowest BCUT2D eigenvalue weighted by Crippen LogP contribution is -2.28. The van der Waals surface area contributed by atoms with Crippen LogP contribution in [-0.4, -0.2) is 24.1 Å². The Balaban J connectivity index is 1.61. The number of fused-ring (bicyclic) bond motifs is 1. The quantitative estimate of drug-likeness (QED) is 0.696. The standard InChI is InChI=1S/C20H19ClN2O3/c1-13(26-12-14-4-3-5-17(10-14)25-2)20(24)23-19-9-7-15-6-8-16(21)11-18(15)22-19/h3-11,13H,12H2,1-2H3,(H,22,23,24)/t13-/m0/s1. The minimum absolute atomic E-state index is 0.262. The first-order valence-electron chi connectivity index (χ1n) is 8.17. The van der Waals surface area contributed by atoms with E-state index in [0.29, 0.717) is 17.4 Å². The largest absolute Gasteiger partial charge is 0.497 e. The monoisotopic (exact) mass is 370 g/mol. The summed E-state index contributed by atoms with van der Waals surface area (Å²) in [4.78, 5) is 16.7. The normalized spacial score (nSPS) is 12.0. The van der Waals surface area contributed by atoms with Crippen molar-refractivity contribution < 1.29 is 14.3 Å². The SMILES string of the molecule is COc1cccc(CO[C@@H](C)C(=O)Nc2ccc3ccc(Cl)cc3n2)c1. The molecule has 0 saturated carbocycles. The molecule has 0 aliphatic heterocycles. The van der Waals surface area contributed by atoms with Crippen LogP contribution < -0.4 is 10.1 Å². The van der Waals surface area contributed by atoms with Crippen LogP contribution in [0.3, 0.4) is 0 Å². The first-order chi connectivity index (χ1) is 12.5. The van der Waals surface area contributed by atoms with Crippen LogP contribution in [0, 0.1) is 0 Å². The van der Waals surface area contributed by atoms with Crippen LogP contribution in [0.4, 0.5) is 5.82 Å². The van der Waals surface area contributed by atoms with E-state index in [1.165, 1.54) is 0 Å². The Morgan fingerprint density at radius 3 is 2.81 bits per heavy atom. The van der Waals surface area contributed by atoms with Crippen LogP contribution in [0.25, 0.3) is 10.9 Å². The number of hydrogen-bond acceptors (Lipinski definition) is 4. The Bertz CT molecular complexity index is 930. The number of benzene rings is 2. The highest BCUT2D eigenvalue weighted by Gasteiger charge is 2.14. The van der Waals surface area contributed by atoms with Gasteiger partial charge < -0.3 is 14.8 Å². The molecule has 1 heterocycles. The number of rotatable bonds is 6. The molecule has 5 nitrogen and oxygen atoms in total. The number of carbonyl (C=O) groups excluding carboxylic acids is 1. The molecule has 1 atom stereocenters. The van der Waals surface area contributed by atoms with E-state index in [-0.39, 0.29) is 5.91 Å². The topological polar surface area (TPSA) is 60.5 Å². The molecule has 0 unspecified atom stereocenters. The number of methoxy groups -OCH3 is 1. The van der Waals surface area contributed by atoms with Gasteiger partial charge in [-0.05, 0) is 48.9 Å². The molecule has 1 aromatic heterocycles. The Morgan fingerprint density at radius 1 is 1.19 bits per heavy atom. The van der Waals surface area contributed by atoms with Crippen LogP contribution >= 0.6 is 11.6 Å². The lowest BCUT2D eigenvalue weighted by Gasteiger charge is -2.14. The molecular formula is C20H19ClN2O3. The molecule has 26 heavy (non-hydrogen) atoms. The van der Waals surface area contributed by atoms with Gasteiger partial charge in [0.2, 0.25) is 0 Å². The number of anilines is 1. The lowest BCUT2D eigenvalue weighted by atomic mass is 10.2. The van der Waals surface area contributed by atoms with Crippen LogP contribution in [0.5, 0.6) is 5.75 Å². The van der Waals surface area contributed by atoms with Gasteiger partial charge >= 0.3 is 0 Å². The Hall–Kier alpha value is -2.63. The molecule has 0 radical (unpaired) electrons. The first-order valence-corrected chi connectivity index (χ1v) is 8.54. The second-order valence-electron chi connectivity index (χ2n) is 5.83. The van der Waals surface area contributed by atoms with Crippen molar-refractivity contribution in [1.82, 2.24) is 4.98 Å². The molecule has 2 aromatic carbocycles. The third-order valence-corrected chi connectivity index (χ3v) is 4.14. The molecule has 0 aliphatic rings. The zero-order valence-electron chi connectivity index (χ0n) is 14.5. The van der Waals surface area contributed by atoms with Gasteiger partial charge in [0, 0.05) is 10.4 Å². The molecule has 1 N–H and O–H groups in total. The molecular weight excluding hydrogens is 352 g/mol. The van der Waals surface area contributed by atoms with Crippen molar-refractivity contribution >= 4 is 34.2 Å². The molecule has 0 spiro atoms. The first kappa shape index (κ1) is 18.2. The van der Waals surface area contributed by atoms with Gasteiger partial charge in [-0.15, -0.1) is 0 Å². The maximum Gasteiger partial charge on any atom is 0.254 e. The van der Waals surface area contributed by atoms with Gasteiger partial charge in [0.1, 0.15) is 17.7 Å². The lowest BCUT2D eigenvalue weighted by molar-refractivity contribution is -0.127. The average molecular weight is 371 g/mol. The van der Waals surface area contributed by atoms with E-state index >= 15 is 0 Å². The highest BCUT2D eigenvalue weighted by atomic mass is 35.5. The summed E-state index contributed by atoms with van der Waals surface area (Å²) in [6, 6.07) is 16.6. The second kappa shape index (κ2) is 8.17. The van der Waals surface area contributed by atoms with Crippen molar-refractivity contribution in [2.75, 3.05) is 12.4 Å².